The molecule has 0 aliphatic carbocycles. The minimum absolute atomic E-state index is 0.0233. The maximum atomic E-state index is 11.3. The Labute approximate surface area is 123 Å². The van der Waals surface area contributed by atoms with Crippen molar-refractivity contribution in [2.45, 2.75) is 61.8 Å². The van der Waals surface area contributed by atoms with Crippen LogP contribution in [-0.2, 0) is 14.3 Å². The number of carboxylic acids is 1. The number of hydrogen-bond donors (Lipinski definition) is 1. The molecule has 120 valence electrons. The predicted molar refractivity (Wildman–Crippen MR) is 81.5 cm³/mol. The largest absolute Gasteiger partial charge is 0.481 e. The molecule has 0 unspecified atom stereocenters. The summed E-state index contributed by atoms with van der Waals surface area (Å²) in [7, 11) is 0. The van der Waals surface area contributed by atoms with Crippen LogP contribution in [-0.4, -0.2) is 23.7 Å². The first kappa shape index (κ1) is 21.2. The minimum Gasteiger partial charge on any atom is -0.481 e. The quantitative estimate of drug-likeness (QED) is 0.751. The zero-order valence-corrected chi connectivity index (χ0v) is 14.3. The van der Waals surface area contributed by atoms with Gasteiger partial charge in [-0.3, -0.25) is 9.59 Å². The lowest BCUT2D eigenvalue weighted by atomic mass is 9.85. The lowest BCUT2D eigenvalue weighted by Crippen LogP contribution is -2.25. The smallest absolute Gasteiger partial charge is 0.308 e. The van der Waals surface area contributed by atoms with Gasteiger partial charge in [-0.15, -0.1) is 0 Å². The third-order valence-electron chi connectivity index (χ3n) is 2.53. The molecule has 0 aromatic rings. The number of aliphatic carboxylic acids is 1. The minimum atomic E-state index is -0.741. The molecule has 0 heterocycles. The number of ether oxygens (including phenoxy) is 1. The van der Waals surface area contributed by atoms with E-state index >= 15 is 0 Å². The van der Waals surface area contributed by atoms with Crippen molar-refractivity contribution < 1.29 is 19.4 Å². The molecule has 0 radical (unpaired) electrons. The van der Waals surface area contributed by atoms with Gasteiger partial charge in [0.15, 0.2) is 0 Å². The van der Waals surface area contributed by atoms with Crippen LogP contribution in [0, 0.1) is 23.2 Å². The highest BCUT2D eigenvalue weighted by atomic mass is 16.5. The maximum absolute atomic E-state index is 11.3. The summed E-state index contributed by atoms with van der Waals surface area (Å²) in [6.45, 7) is 16.2. The molecule has 0 saturated carbocycles. The highest BCUT2D eigenvalue weighted by Gasteiger charge is 2.22. The molecular formula is C16H32O4. The van der Waals surface area contributed by atoms with Crippen LogP contribution < -0.4 is 0 Å². The van der Waals surface area contributed by atoms with E-state index in [0.29, 0.717) is 12.5 Å². The summed E-state index contributed by atoms with van der Waals surface area (Å²) in [5.41, 5.74) is 0.0959. The molecule has 0 aliphatic heterocycles. The number of hydrogen-bond acceptors (Lipinski definition) is 3. The van der Waals surface area contributed by atoms with E-state index in [9.17, 15) is 9.59 Å². The van der Waals surface area contributed by atoms with E-state index in [1.807, 2.05) is 13.8 Å². The van der Waals surface area contributed by atoms with Gasteiger partial charge < -0.3 is 9.84 Å². The van der Waals surface area contributed by atoms with E-state index in [0.717, 1.165) is 6.42 Å². The van der Waals surface area contributed by atoms with Crippen LogP contribution >= 0.6 is 0 Å². The van der Waals surface area contributed by atoms with Crippen LogP contribution in [0.2, 0.25) is 0 Å². The van der Waals surface area contributed by atoms with E-state index < -0.39 is 5.97 Å². The van der Waals surface area contributed by atoms with Gasteiger partial charge in [0.05, 0.1) is 18.4 Å². The van der Waals surface area contributed by atoms with E-state index in [1.54, 1.807) is 13.8 Å². The Balaban J connectivity index is 0. The predicted octanol–water partition coefficient (Wildman–Crippen LogP) is 3.98. The summed E-state index contributed by atoms with van der Waals surface area (Å²) in [5, 5.41) is 7.99. The molecular weight excluding hydrogens is 256 g/mol. The van der Waals surface area contributed by atoms with Crippen LogP contribution in [0.4, 0.5) is 0 Å². The number of esters is 1. The van der Waals surface area contributed by atoms with Crippen molar-refractivity contribution in [3.8, 4) is 0 Å². The highest BCUT2D eigenvalue weighted by Crippen LogP contribution is 2.25. The van der Waals surface area contributed by atoms with Crippen molar-refractivity contribution in [2.24, 2.45) is 23.2 Å². The molecule has 0 aromatic carbocycles. The highest BCUT2D eigenvalue weighted by molar-refractivity contribution is 5.71. The Morgan fingerprint density at radius 2 is 1.40 bits per heavy atom. The second-order valence-corrected chi connectivity index (χ2v) is 7.02. The number of rotatable bonds is 6. The second-order valence-electron chi connectivity index (χ2n) is 7.02. The first-order valence-corrected chi connectivity index (χ1v) is 7.28. The fourth-order valence-corrected chi connectivity index (χ4v) is 1.60. The summed E-state index contributed by atoms with van der Waals surface area (Å²) < 4.78 is 5.23. The molecule has 4 nitrogen and oxygen atoms in total. The van der Waals surface area contributed by atoms with Crippen LogP contribution in [0.1, 0.15) is 61.8 Å². The third-order valence-corrected chi connectivity index (χ3v) is 2.53. The van der Waals surface area contributed by atoms with E-state index in [4.69, 9.17) is 9.84 Å². The molecule has 0 aromatic heterocycles. The fourth-order valence-electron chi connectivity index (χ4n) is 1.60. The molecule has 1 N–H and O–H groups in total. The molecule has 20 heavy (non-hydrogen) atoms. The Kier molecular flexibility index (Phi) is 10.4. The number of carbonyl (C=O) groups is 2. The van der Waals surface area contributed by atoms with Gasteiger partial charge in [0.1, 0.15) is 0 Å². The molecule has 0 amide bonds. The van der Waals surface area contributed by atoms with Gasteiger partial charge in [0.2, 0.25) is 0 Å². The normalized spacial score (nSPS) is 11.3. The molecule has 0 fully saturated rings. The lowest BCUT2D eigenvalue weighted by Gasteiger charge is -2.26. The van der Waals surface area contributed by atoms with Gasteiger partial charge >= 0.3 is 11.9 Å². The third kappa shape index (κ3) is 13.4. The van der Waals surface area contributed by atoms with Crippen LogP contribution in [0.3, 0.4) is 0 Å². The lowest BCUT2D eigenvalue weighted by molar-refractivity contribution is -0.150. The second kappa shape index (κ2) is 9.78. The van der Waals surface area contributed by atoms with Gasteiger partial charge in [-0.25, -0.2) is 0 Å². The average Bonchev–Trinajstić information content (AvgIpc) is 2.24. The van der Waals surface area contributed by atoms with Crippen molar-refractivity contribution in [2.75, 3.05) is 6.61 Å². The summed E-state index contributed by atoms with van der Waals surface area (Å²) >= 11 is 0. The molecule has 0 aliphatic rings. The molecule has 4 heteroatoms. The Morgan fingerprint density at radius 3 is 1.65 bits per heavy atom. The molecule has 0 atom stereocenters. The Morgan fingerprint density at radius 1 is 1.00 bits per heavy atom. The molecule has 0 rings (SSSR count). The summed E-state index contributed by atoms with van der Waals surface area (Å²) in [5.74, 6) is -0.450. The maximum Gasteiger partial charge on any atom is 0.308 e. The van der Waals surface area contributed by atoms with Gasteiger partial charge in [-0.1, -0.05) is 55.4 Å². The zero-order chi connectivity index (χ0) is 16.5. The SMILES string of the molecule is CC(C)C(=O)O.CC(C)CC(C)(C)COC(=O)C(C)C. The Bertz CT molecular complexity index is 291. The van der Waals surface area contributed by atoms with Crippen LogP contribution in [0.5, 0.6) is 0 Å². The molecule has 0 bridgehead atoms. The molecule has 0 spiro atoms. The molecule has 0 saturated heterocycles. The van der Waals surface area contributed by atoms with E-state index in [-0.39, 0.29) is 23.2 Å². The van der Waals surface area contributed by atoms with Crippen molar-refractivity contribution in [1.29, 1.82) is 0 Å². The standard InChI is InChI=1S/C12H24O2.C4H8O2/c1-9(2)7-12(5,6)8-14-11(13)10(3)4;1-3(2)4(5)6/h9-10H,7-8H2,1-6H3;3H,1-2H3,(H,5,6). The van der Waals surface area contributed by atoms with Crippen molar-refractivity contribution in [1.82, 2.24) is 0 Å². The summed E-state index contributed by atoms with van der Waals surface area (Å²) in [6.07, 6.45) is 1.08. The van der Waals surface area contributed by atoms with Gasteiger partial charge in [-0.2, -0.15) is 0 Å². The Hall–Kier alpha value is -1.06. The first-order chi connectivity index (χ1) is 8.89. The summed E-state index contributed by atoms with van der Waals surface area (Å²) in [6, 6.07) is 0. The average molecular weight is 288 g/mol. The number of carbonyl (C=O) groups excluding carboxylic acids is 1. The first-order valence-electron chi connectivity index (χ1n) is 7.28. The zero-order valence-electron chi connectivity index (χ0n) is 14.3. The van der Waals surface area contributed by atoms with Gasteiger partial charge in [0, 0.05) is 0 Å². The van der Waals surface area contributed by atoms with Gasteiger partial charge in [-0.05, 0) is 17.8 Å². The van der Waals surface area contributed by atoms with Crippen molar-refractivity contribution in [3.63, 3.8) is 0 Å². The topological polar surface area (TPSA) is 63.6 Å². The van der Waals surface area contributed by atoms with Crippen LogP contribution in [0.25, 0.3) is 0 Å². The monoisotopic (exact) mass is 288 g/mol. The van der Waals surface area contributed by atoms with Crippen molar-refractivity contribution in [3.05, 3.63) is 0 Å². The number of carboxylic acid groups (broad SMARTS) is 1. The summed E-state index contributed by atoms with van der Waals surface area (Å²) in [4.78, 5) is 21.0. The fraction of sp³-hybridized carbons (Fsp3) is 0.875. The van der Waals surface area contributed by atoms with Crippen molar-refractivity contribution >= 4 is 11.9 Å². The van der Waals surface area contributed by atoms with Crippen LogP contribution in [0.15, 0.2) is 0 Å². The van der Waals surface area contributed by atoms with E-state index in [2.05, 4.69) is 27.7 Å². The van der Waals surface area contributed by atoms with E-state index in [1.165, 1.54) is 0 Å². The van der Waals surface area contributed by atoms with Gasteiger partial charge in [0.25, 0.3) is 0 Å².